The van der Waals surface area contributed by atoms with Gasteiger partial charge in [0, 0.05) is 18.2 Å². The highest BCUT2D eigenvalue weighted by molar-refractivity contribution is 7.91. The number of rotatable bonds is 11. The van der Waals surface area contributed by atoms with Crippen LogP contribution in [-0.2, 0) is 29.1 Å². The molecule has 1 aliphatic heterocycles. The highest BCUT2D eigenvalue weighted by atomic mass is 32.2. The van der Waals surface area contributed by atoms with Gasteiger partial charge in [0.25, 0.3) is 5.91 Å². The van der Waals surface area contributed by atoms with Gasteiger partial charge in [0.05, 0.1) is 19.0 Å². The minimum atomic E-state index is -3.86. The molecule has 1 saturated heterocycles. The minimum absolute atomic E-state index is 0.0231. The van der Waals surface area contributed by atoms with E-state index in [9.17, 15) is 27.6 Å². The van der Waals surface area contributed by atoms with Gasteiger partial charge in [-0.05, 0) is 74.6 Å². The van der Waals surface area contributed by atoms with E-state index in [1.807, 2.05) is 37.8 Å². The van der Waals surface area contributed by atoms with Crippen LogP contribution in [0.2, 0.25) is 0 Å². The summed E-state index contributed by atoms with van der Waals surface area (Å²) in [6.07, 6.45) is 5.26. The lowest BCUT2D eigenvalue weighted by Crippen LogP contribution is -2.60. The van der Waals surface area contributed by atoms with Gasteiger partial charge in [0.2, 0.25) is 21.8 Å². The van der Waals surface area contributed by atoms with Crippen LogP contribution in [0.3, 0.4) is 0 Å². The molecule has 252 valence electrons. The molecule has 0 aromatic heterocycles. The van der Waals surface area contributed by atoms with E-state index in [0.717, 1.165) is 31.4 Å². The standard InChI is InChI=1S/C32H45N5O8S/c1-6-20-17-32(20,29(40)35-46(42,43)24-15-16-24)34-27(38)25-18-36(21-11-13-22(44-5)14-12-21)19-37(25)28(39)26(31(2,3)4)33-30(41)45-23-9-7-8-10-23/h6,11-14,20,23-26H,1,7-10,15-19H2,2-5H3,(H,33,41)(H,34,38)(H,35,40)/t20-,25+,26?,32-/m1/s1. The van der Waals surface area contributed by atoms with Gasteiger partial charge in [-0.25, -0.2) is 13.2 Å². The smallest absolute Gasteiger partial charge is 0.408 e. The summed E-state index contributed by atoms with van der Waals surface area (Å²) < 4.78 is 38.2. The predicted octanol–water partition coefficient (Wildman–Crippen LogP) is 2.42. The third kappa shape index (κ3) is 7.11. The lowest BCUT2D eigenvalue weighted by molar-refractivity contribution is -0.142. The maximum atomic E-state index is 14.3. The van der Waals surface area contributed by atoms with Crippen molar-refractivity contribution in [3.8, 4) is 5.75 Å². The molecule has 13 nitrogen and oxygen atoms in total. The molecule has 4 amide bonds. The molecule has 4 atom stereocenters. The molecular formula is C32H45N5O8S. The molecule has 3 aliphatic carbocycles. The van der Waals surface area contributed by atoms with Crippen molar-refractivity contribution < 1.29 is 37.1 Å². The second kappa shape index (κ2) is 12.8. The second-order valence-electron chi connectivity index (χ2n) is 13.8. The monoisotopic (exact) mass is 659 g/mol. The van der Waals surface area contributed by atoms with Gasteiger partial charge in [0.15, 0.2) is 0 Å². The highest BCUT2D eigenvalue weighted by Gasteiger charge is 2.62. The molecule has 14 heteroatoms. The van der Waals surface area contributed by atoms with Crippen molar-refractivity contribution in [1.82, 2.24) is 20.3 Å². The fourth-order valence-corrected chi connectivity index (χ4v) is 7.58. The summed E-state index contributed by atoms with van der Waals surface area (Å²) in [5.41, 5.74) is -1.52. The number of nitrogens with zero attached hydrogens (tertiary/aromatic N) is 2. The van der Waals surface area contributed by atoms with Crippen LogP contribution >= 0.6 is 0 Å². The molecule has 46 heavy (non-hydrogen) atoms. The zero-order valence-corrected chi connectivity index (χ0v) is 27.7. The highest BCUT2D eigenvalue weighted by Crippen LogP contribution is 2.45. The molecule has 3 saturated carbocycles. The Kier molecular flexibility index (Phi) is 9.31. The molecule has 4 fully saturated rings. The van der Waals surface area contributed by atoms with Crippen molar-refractivity contribution in [1.29, 1.82) is 0 Å². The van der Waals surface area contributed by atoms with E-state index in [-0.39, 0.29) is 25.7 Å². The summed E-state index contributed by atoms with van der Waals surface area (Å²) in [6, 6.07) is 5.06. The van der Waals surface area contributed by atoms with Crippen molar-refractivity contribution in [2.75, 3.05) is 25.2 Å². The van der Waals surface area contributed by atoms with Crippen LogP contribution in [0.15, 0.2) is 36.9 Å². The first kappa shape index (κ1) is 33.6. The molecule has 4 aliphatic rings. The summed E-state index contributed by atoms with van der Waals surface area (Å²) >= 11 is 0. The number of benzene rings is 1. The van der Waals surface area contributed by atoms with Gasteiger partial charge in [-0.1, -0.05) is 26.8 Å². The van der Waals surface area contributed by atoms with Crippen LogP contribution in [-0.4, -0.2) is 86.4 Å². The van der Waals surface area contributed by atoms with E-state index >= 15 is 0 Å². The molecule has 1 aromatic rings. The summed E-state index contributed by atoms with van der Waals surface area (Å²) in [7, 11) is -2.30. The van der Waals surface area contributed by atoms with E-state index in [2.05, 4.69) is 21.9 Å². The molecule has 1 heterocycles. The van der Waals surface area contributed by atoms with Crippen molar-refractivity contribution >= 4 is 39.5 Å². The van der Waals surface area contributed by atoms with Crippen LogP contribution in [0.5, 0.6) is 5.75 Å². The van der Waals surface area contributed by atoms with Crippen molar-refractivity contribution in [2.45, 2.75) is 94.7 Å². The zero-order chi connectivity index (χ0) is 33.4. The van der Waals surface area contributed by atoms with E-state index in [1.54, 1.807) is 19.2 Å². The molecule has 0 bridgehead atoms. The number of sulfonamides is 1. The van der Waals surface area contributed by atoms with Gasteiger partial charge in [-0.2, -0.15) is 0 Å². The Balaban J connectivity index is 1.39. The number of hydrogen-bond acceptors (Lipinski definition) is 9. The molecule has 0 radical (unpaired) electrons. The van der Waals surface area contributed by atoms with Gasteiger partial charge >= 0.3 is 6.09 Å². The van der Waals surface area contributed by atoms with E-state index in [4.69, 9.17) is 9.47 Å². The number of carbonyl (C=O) groups excluding carboxylic acids is 4. The Morgan fingerprint density at radius 2 is 1.72 bits per heavy atom. The Bertz CT molecular complexity index is 1470. The van der Waals surface area contributed by atoms with Gasteiger partial charge in [0.1, 0.15) is 29.5 Å². The SMILES string of the molecule is C=C[C@@H]1C[C@]1(NC(=O)[C@@H]1CN(c2ccc(OC)cc2)CN1C(=O)C(NC(=O)OC1CCCC1)C(C)(C)C)C(=O)NS(=O)(=O)C1CC1. The number of nitrogens with one attached hydrogen (secondary N) is 3. The molecular weight excluding hydrogens is 614 g/mol. The second-order valence-corrected chi connectivity index (χ2v) is 15.8. The average Bonchev–Trinajstić information content (AvgIpc) is 3.88. The number of alkyl carbamates (subject to hydrolysis) is 1. The summed E-state index contributed by atoms with van der Waals surface area (Å²) in [4.78, 5) is 57.9. The fourth-order valence-electron chi connectivity index (χ4n) is 6.22. The van der Waals surface area contributed by atoms with E-state index < -0.39 is 68.0 Å². The quantitative estimate of drug-likeness (QED) is 0.303. The Labute approximate surface area is 270 Å². The van der Waals surface area contributed by atoms with Crippen LogP contribution in [0.4, 0.5) is 10.5 Å². The molecule has 3 N–H and O–H groups in total. The van der Waals surface area contributed by atoms with E-state index in [1.165, 1.54) is 11.0 Å². The number of hydrogen-bond donors (Lipinski definition) is 3. The Morgan fingerprint density at radius 1 is 1.07 bits per heavy atom. The summed E-state index contributed by atoms with van der Waals surface area (Å²) in [5, 5.41) is 4.94. The fraction of sp³-hybridized carbons (Fsp3) is 0.625. The maximum absolute atomic E-state index is 14.3. The van der Waals surface area contributed by atoms with Crippen LogP contribution in [0.1, 0.15) is 65.7 Å². The van der Waals surface area contributed by atoms with Crippen LogP contribution < -0.4 is 25.0 Å². The summed E-state index contributed by atoms with van der Waals surface area (Å²) in [6.45, 7) is 9.31. The largest absolute Gasteiger partial charge is 0.497 e. The molecule has 1 aromatic carbocycles. The third-order valence-electron chi connectivity index (χ3n) is 9.32. The number of methoxy groups -OCH3 is 1. The number of anilines is 1. The van der Waals surface area contributed by atoms with Gasteiger partial charge < -0.3 is 29.9 Å². The maximum Gasteiger partial charge on any atom is 0.408 e. The molecule has 0 spiro atoms. The Hall–Kier alpha value is -3.81. The number of ether oxygens (including phenoxy) is 2. The lowest BCUT2D eigenvalue weighted by Gasteiger charge is -2.35. The Morgan fingerprint density at radius 3 is 2.26 bits per heavy atom. The summed E-state index contributed by atoms with van der Waals surface area (Å²) in [5.74, 6) is -1.76. The predicted molar refractivity (Wildman–Crippen MR) is 170 cm³/mol. The van der Waals surface area contributed by atoms with Gasteiger partial charge in [-0.15, -0.1) is 6.58 Å². The first-order valence-electron chi connectivity index (χ1n) is 15.9. The molecule has 5 rings (SSSR count). The first-order valence-corrected chi connectivity index (χ1v) is 17.4. The van der Waals surface area contributed by atoms with Gasteiger partial charge in [-0.3, -0.25) is 19.1 Å². The number of carbonyl (C=O) groups is 4. The first-order chi connectivity index (χ1) is 21.7. The van der Waals surface area contributed by atoms with Crippen molar-refractivity contribution in [3.05, 3.63) is 36.9 Å². The topological polar surface area (TPSA) is 163 Å². The van der Waals surface area contributed by atoms with Crippen LogP contribution in [0, 0.1) is 11.3 Å². The average molecular weight is 660 g/mol. The normalized spacial score (nSPS) is 25.4. The third-order valence-corrected chi connectivity index (χ3v) is 11.1. The van der Waals surface area contributed by atoms with Crippen LogP contribution in [0.25, 0.3) is 0 Å². The van der Waals surface area contributed by atoms with Crippen molar-refractivity contribution in [2.24, 2.45) is 11.3 Å². The minimum Gasteiger partial charge on any atom is -0.497 e. The lowest BCUT2D eigenvalue weighted by atomic mass is 9.85. The van der Waals surface area contributed by atoms with E-state index in [0.29, 0.717) is 18.6 Å². The number of amides is 4. The van der Waals surface area contributed by atoms with Crippen molar-refractivity contribution in [3.63, 3.8) is 0 Å². The molecule has 1 unspecified atom stereocenters. The zero-order valence-electron chi connectivity index (χ0n) is 26.9.